The molecule has 3 N–H and O–H groups in total. The van der Waals surface area contributed by atoms with Gasteiger partial charge in [0.2, 0.25) is 10.0 Å². The molecule has 1 aliphatic carbocycles. The first kappa shape index (κ1) is 14.9. The molecule has 102 valence electrons. The maximum atomic E-state index is 11.9. The summed E-state index contributed by atoms with van der Waals surface area (Å²) in [6.07, 6.45) is 7.05. The maximum Gasteiger partial charge on any atom is 0.211 e. The van der Waals surface area contributed by atoms with E-state index in [-0.39, 0.29) is 11.8 Å². The summed E-state index contributed by atoms with van der Waals surface area (Å²) in [5, 5.41) is 0. The molecule has 0 aliphatic heterocycles. The quantitative estimate of drug-likeness (QED) is 0.685. The second-order valence-corrected chi connectivity index (χ2v) is 6.87. The third-order valence-corrected chi connectivity index (χ3v) is 5.12. The van der Waals surface area contributed by atoms with Crippen LogP contribution < -0.4 is 10.5 Å². The minimum Gasteiger partial charge on any atom is -0.330 e. The van der Waals surface area contributed by atoms with Gasteiger partial charge in [-0.2, -0.15) is 0 Å². The number of nitrogens with two attached hydrogens (primary N) is 1. The number of rotatable bonds is 7. The molecule has 0 aromatic heterocycles. The fourth-order valence-corrected chi connectivity index (χ4v) is 4.05. The molecule has 0 bridgehead atoms. The Balaban J connectivity index is 2.44. The molecule has 1 fully saturated rings. The van der Waals surface area contributed by atoms with Crippen molar-refractivity contribution in [1.29, 1.82) is 0 Å². The van der Waals surface area contributed by atoms with Gasteiger partial charge in [0.15, 0.2) is 0 Å². The summed E-state index contributed by atoms with van der Waals surface area (Å²) < 4.78 is 26.7. The first-order valence-electron chi connectivity index (χ1n) is 6.79. The first-order chi connectivity index (χ1) is 8.09. The van der Waals surface area contributed by atoms with Crippen LogP contribution in [0.1, 0.15) is 51.9 Å². The molecule has 0 saturated heterocycles. The van der Waals surface area contributed by atoms with Gasteiger partial charge >= 0.3 is 0 Å². The van der Waals surface area contributed by atoms with E-state index in [1.807, 2.05) is 0 Å². The van der Waals surface area contributed by atoms with Crippen molar-refractivity contribution in [3.05, 3.63) is 0 Å². The Morgan fingerprint density at radius 2 is 1.94 bits per heavy atom. The Hall–Kier alpha value is -0.130. The lowest BCUT2D eigenvalue weighted by Gasteiger charge is -2.31. The largest absolute Gasteiger partial charge is 0.330 e. The predicted molar refractivity (Wildman–Crippen MR) is 71.2 cm³/mol. The van der Waals surface area contributed by atoms with Crippen molar-refractivity contribution in [2.75, 3.05) is 12.3 Å². The Kier molecular flexibility index (Phi) is 6.44. The molecule has 4 nitrogen and oxygen atoms in total. The monoisotopic (exact) mass is 262 g/mol. The Bertz CT molecular complexity index is 304. The highest BCUT2D eigenvalue weighted by Gasteiger charge is 2.27. The third-order valence-electron chi connectivity index (χ3n) is 3.63. The van der Waals surface area contributed by atoms with E-state index in [4.69, 9.17) is 5.73 Å². The van der Waals surface area contributed by atoms with Gasteiger partial charge in [-0.25, -0.2) is 13.1 Å². The molecule has 0 aromatic rings. The molecule has 0 radical (unpaired) electrons. The smallest absolute Gasteiger partial charge is 0.211 e. The van der Waals surface area contributed by atoms with Crippen LogP contribution in [0.4, 0.5) is 0 Å². The van der Waals surface area contributed by atoms with E-state index in [9.17, 15) is 8.42 Å². The second kappa shape index (κ2) is 7.34. The van der Waals surface area contributed by atoms with Crippen LogP contribution in [0.5, 0.6) is 0 Å². The van der Waals surface area contributed by atoms with Gasteiger partial charge in [0, 0.05) is 6.04 Å². The van der Waals surface area contributed by atoms with Crippen LogP contribution in [0.3, 0.4) is 0 Å². The lowest BCUT2D eigenvalue weighted by Crippen LogP contribution is -2.42. The fourth-order valence-electron chi connectivity index (χ4n) is 2.58. The van der Waals surface area contributed by atoms with Gasteiger partial charge in [0.05, 0.1) is 5.75 Å². The number of sulfonamides is 1. The molecule has 17 heavy (non-hydrogen) atoms. The van der Waals surface area contributed by atoms with E-state index in [0.717, 1.165) is 32.1 Å². The molecule has 5 heteroatoms. The zero-order valence-electron chi connectivity index (χ0n) is 10.8. The van der Waals surface area contributed by atoms with Crippen LogP contribution in [-0.2, 0) is 10.0 Å². The number of nitrogens with one attached hydrogen (secondary N) is 1. The highest BCUT2D eigenvalue weighted by molar-refractivity contribution is 7.89. The van der Waals surface area contributed by atoms with E-state index in [1.165, 1.54) is 6.42 Å². The van der Waals surface area contributed by atoms with Gasteiger partial charge in [-0.1, -0.05) is 26.2 Å². The van der Waals surface area contributed by atoms with Gasteiger partial charge < -0.3 is 5.73 Å². The van der Waals surface area contributed by atoms with Crippen LogP contribution >= 0.6 is 0 Å². The van der Waals surface area contributed by atoms with Crippen molar-refractivity contribution >= 4 is 10.0 Å². The summed E-state index contributed by atoms with van der Waals surface area (Å²) in [4.78, 5) is 0. The van der Waals surface area contributed by atoms with Crippen LogP contribution in [0, 0.1) is 5.92 Å². The number of hydrogen-bond acceptors (Lipinski definition) is 3. The number of unbranched alkanes of at least 4 members (excludes halogenated alkanes) is 1. The van der Waals surface area contributed by atoms with Crippen molar-refractivity contribution in [3.8, 4) is 0 Å². The van der Waals surface area contributed by atoms with Crippen LogP contribution in [-0.4, -0.2) is 26.8 Å². The minimum atomic E-state index is -3.10. The summed E-state index contributed by atoms with van der Waals surface area (Å²) in [5.41, 5.74) is 5.37. The third kappa shape index (κ3) is 5.36. The normalized spacial score (nSPS) is 26.0. The number of hydrogen-bond donors (Lipinski definition) is 2. The van der Waals surface area contributed by atoms with Crippen molar-refractivity contribution in [1.82, 2.24) is 4.72 Å². The standard InChI is InChI=1S/C12H26N2O2S/c1-2-11-7-3-4-8-12(11)14-17(15,16)10-6-5-9-13/h11-12,14H,2-10,13H2,1H3. The lowest BCUT2D eigenvalue weighted by molar-refractivity contribution is 0.282. The molecule has 1 rings (SSSR count). The molecule has 1 aliphatic rings. The zero-order chi connectivity index (χ0) is 12.7. The van der Waals surface area contributed by atoms with Crippen LogP contribution in [0.2, 0.25) is 0 Å². The highest BCUT2D eigenvalue weighted by Crippen LogP contribution is 2.27. The van der Waals surface area contributed by atoms with E-state index in [2.05, 4.69) is 11.6 Å². The summed E-state index contributed by atoms with van der Waals surface area (Å²) in [6.45, 7) is 2.71. The van der Waals surface area contributed by atoms with Crippen molar-refractivity contribution < 1.29 is 8.42 Å². The van der Waals surface area contributed by atoms with Gasteiger partial charge in [0.25, 0.3) is 0 Å². The van der Waals surface area contributed by atoms with Gasteiger partial charge in [-0.15, -0.1) is 0 Å². The maximum absolute atomic E-state index is 11.9. The second-order valence-electron chi connectivity index (χ2n) is 4.99. The molecular weight excluding hydrogens is 236 g/mol. The van der Waals surface area contributed by atoms with Gasteiger partial charge in [-0.3, -0.25) is 0 Å². The molecule has 2 unspecified atom stereocenters. The topological polar surface area (TPSA) is 72.2 Å². The van der Waals surface area contributed by atoms with E-state index >= 15 is 0 Å². The van der Waals surface area contributed by atoms with Crippen molar-refractivity contribution in [3.63, 3.8) is 0 Å². The molecule has 2 atom stereocenters. The fraction of sp³-hybridized carbons (Fsp3) is 1.00. The first-order valence-corrected chi connectivity index (χ1v) is 8.44. The minimum absolute atomic E-state index is 0.164. The van der Waals surface area contributed by atoms with Crippen LogP contribution in [0.25, 0.3) is 0 Å². The van der Waals surface area contributed by atoms with E-state index in [1.54, 1.807) is 0 Å². The summed E-state index contributed by atoms with van der Waals surface area (Å²) >= 11 is 0. The Morgan fingerprint density at radius 1 is 1.24 bits per heavy atom. The van der Waals surface area contributed by atoms with Gasteiger partial charge in [0.1, 0.15) is 0 Å². The van der Waals surface area contributed by atoms with Crippen LogP contribution in [0.15, 0.2) is 0 Å². The molecule has 0 amide bonds. The highest BCUT2D eigenvalue weighted by atomic mass is 32.2. The zero-order valence-corrected chi connectivity index (χ0v) is 11.6. The predicted octanol–water partition coefficient (Wildman–Crippen LogP) is 1.61. The molecule has 0 aromatic carbocycles. The molecular formula is C12H26N2O2S. The lowest BCUT2D eigenvalue weighted by atomic mass is 9.83. The molecule has 1 saturated carbocycles. The van der Waals surface area contributed by atoms with Gasteiger partial charge in [-0.05, 0) is 38.1 Å². The summed E-state index contributed by atoms with van der Waals surface area (Å²) in [5.74, 6) is 0.741. The Labute approximate surface area is 105 Å². The molecule has 0 spiro atoms. The SMILES string of the molecule is CCC1CCCCC1NS(=O)(=O)CCCCN. The average molecular weight is 262 g/mol. The van der Waals surface area contributed by atoms with Crippen molar-refractivity contribution in [2.24, 2.45) is 11.7 Å². The average Bonchev–Trinajstić information content (AvgIpc) is 2.29. The Morgan fingerprint density at radius 3 is 2.59 bits per heavy atom. The van der Waals surface area contributed by atoms with Crippen molar-refractivity contribution in [2.45, 2.75) is 57.9 Å². The van der Waals surface area contributed by atoms with E-state index < -0.39 is 10.0 Å². The molecule has 0 heterocycles. The summed E-state index contributed by atoms with van der Waals surface area (Å²) in [7, 11) is -3.10. The summed E-state index contributed by atoms with van der Waals surface area (Å²) in [6, 6.07) is 0.164. The van der Waals surface area contributed by atoms with E-state index in [0.29, 0.717) is 18.9 Å².